The average molecular weight is 416 g/mol. The van der Waals surface area contributed by atoms with Crippen molar-refractivity contribution in [2.75, 3.05) is 20.7 Å². The molecule has 166 valence electrons. The highest BCUT2D eigenvalue weighted by Crippen LogP contribution is 2.46. The van der Waals surface area contributed by atoms with Crippen molar-refractivity contribution in [2.24, 2.45) is 11.3 Å². The van der Waals surface area contributed by atoms with Gasteiger partial charge in [-0.25, -0.2) is 0 Å². The number of carbonyl (C=O) groups is 2. The fourth-order valence-electron chi connectivity index (χ4n) is 4.83. The third kappa shape index (κ3) is 7.60. The van der Waals surface area contributed by atoms with Crippen LogP contribution in [0.15, 0.2) is 24.3 Å². The smallest absolute Gasteiger partial charge is 0.163 e. The summed E-state index contributed by atoms with van der Waals surface area (Å²) in [7, 11) is 3.48. The van der Waals surface area contributed by atoms with Crippen LogP contribution in [0.1, 0.15) is 70.3 Å². The summed E-state index contributed by atoms with van der Waals surface area (Å²) in [5, 5.41) is 12.9. The minimum atomic E-state index is -0.190. The topological polar surface area (TPSA) is 75.6 Å². The molecular formula is C25H37NO4. The van der Waals surface area contributed by atoms with Crippen LogP contribution in [0, 0.1) is 11.3 Å². The van der Waals surface area contributed by atoms with Crippen LogP contribution in [0.5, 0.6) is 11.5 Å². The molecule has 2 rings (SSSR count). The number of hydrogen-bond donors (Lipinski definition) is 2. The molecule has 1 aliphatic carbocycles. The number of ketones is 2. The Bertz CT molecular complexity index is 735. The Hall–Kier alpha value is -2.14. The van der Waals surface area contributed by atoms with Gasteiger partial charge in [0, 0.05) is 6.42 Å². The van der Waals surface area contributed by atoms with E-state index in [0.717, 1.165) is 24.9 Å². The standard InChI is InChI=1S/C25H37NO4/c1-19(18-26-2)17-25(12-4-5-13-25)14-6-7-21(27)16-22(28)10-8-20-9-11-23(29)24(15-20)30-3/h8-11,15,19,26,29H,4-7,12-14,16-18H2,1-3H3. The lowest BCUT2D eigenvalue weighted by molar-refractivity contribution is -0.124. The zero-order valence-corrected chi connectivity index (χ0v) is 18.7. The molecular weight excluding hydrogens is 378 g/mol. The summed E-state index contributed by atoms with van der Waals surface area (Å²) in [6, 6.07) is 4.86. The monoisotopic (exact) mass is 415 g/mol. The van der Waals surface area contributed by atoms with Gasteiger partial charge in [0.15, 0.2) is 17.3 Å². The van der Waals surface area contributed by atoms with Crippen LogP contribution in [0.3, 0.4) is 0 Å². The van der Waals surface area contributed by atoms with Crippen molar-refractivity contribution in [3.63, 3.8) is 0 Å². The van der Waals surface area contributed by atoms with E-state index in [1.54, 1.807) is 18.2 Å². The van der Waals surface area contributed by atoms with E-state index in [1.165, 1.54) is 51.4 Å². The van der Waals surface area contributed by atoms with E-state index >= 15 is 0 Å². The summed E-state index contributed by atoms with van der Waals surface area (Å²) in [6.07, 6.45) is 11.8. The van der Waals surface area contributed by atoms with Crippen LogP contribution in [-0.2, 0) is 9.59 Å². The number of phenolic OH excluding ortho intramolecular Hbond substituents is 1. The molecule has 0 spiro atoms. The highest BCUT2D eigenvalue weighted by Gasteiger charge is 2.34. The molecule has 1 atom stereocenters. The Balaban J connectivity index is 1.78. The molecule has 1 aromatic rings. The van der Waals surface area contributed by atoms with Crippen molar-refractivity contribution in [3.8, 4) is 11.5 Å². The first-order valence-electron chi connectivity index (χ1n) is 11.1. The minimum absolute atomic E-state index is 0.0179. The molecule has 5 heteroatoms. The number of Topliss-reactive ketones (excluding diaryl/α,β-unsaturated/α-hetero) is 1. The number of benzene rings is 1. The van der Waals surface area contributed by atoms with E-state index in [1.807, 2.05) is 7.05 Å². The first-order valence-corrected chi connectivity index (χ1v) is 11.1. The fourth-order valence-corrected chi connectivity index (χ4v) is 4.83. The van der Waals surface area contributed by atoms with Crippen molar-refractivity contribution in [2.45, 2.75) is 64.7 Å². The normalized spacial score (nSPS) is 16.6. The Labute approximate surface area is 180 Å². The van der Waals surface area contributed by atoms with Crippen molar-refractivity contribution in [1.29, 1.82) is 0 Å². The summed E-state index contributed by atoms with van der Waals surface area (Å²) in [5.41, 5.74) is 1.13. The van der Waals surface area contributed by atoms with Crippen LogP contribution >= 0.6 is 0 Å². The molecule has 0 aromatic heterocycles. The lowest BCUT2D eigenvalue weighted by Gasteiger charge is -2.32. The van der Waals surface area contributed by atoms with E-state index in [9.17, 15) is 14.7 Å². The summed E-state index contributed by atoms with van der Waals surface area (Å²) < 4.78 is 5.06. The van der Waals surface area contributed by atoms with Gasteiger partial charge < -0.3 is 15.2 Å². The lowest BCUT2D eigenvalue weighted by Crippen LogP contribution is -2.25. The number of nitrogens with one attached hydrogen (secondary N) is 1. The number of phenols is 1. The van der Waals surface area contributed by atoms with Gasteiger partial charge >= 0.3 is 0 Å². The number of rotatable bonds is 13. The van der Waals surface area contributed by atoms with Gasteiger partial charge in [0.2, 0.25) is 0 Å². The molecule has 1 fully saturated rings. The third-order valence-corrected chi connectivity index (χ3v) is 6.20. The molecule has 0 radical (unpaired) electrons. The molecule has 5 nitrogen and oxygen atoms in total. The molecule has 1 saturated carbocycles. The minimum Gasteiger partial charge on any atom is -0.504 e. The van der Waals surface area contributed by atoms with Crippen LogP contribution in [-0.4, -0.2) is 37.4 Å². The van der Waals surface area contributed by atoms with Crippen molar-refractivity contribution >= 4 is 17.6 Å². The largest absolute Gasteiger partial charge is 0.504 e. The number of methoxy groups -OCH3 is 1. The van der Waals surface area contributed by atoms with Gasteiger partial charge in [-0.3, -0.25) is 9.59 Å². The quantitative estimate of drug-likeness (QED) is 0.353. The molecule has 1 aromatic carbocycles. The number of hydrogen-bond acceptors (Lipinski definition) is 5. The zero-order chi connectivity index (χ0) is 22.0. The maximum Gasteiger partial charge on any atom is 0.163 e. The van der Waals surface area contributed by atoms with Gasteiger partial charge in [-0.05, 0) is 80.8 Å². The SMILES string of the molecule is CNCC(C)CC1(CCCC(=O)CC(=O)C=Cc2ccc(O)c(OC)c2)CCCC1. The highest BCUT2D eigenvalue weighted by molar-refractivity contribution is 6.06. The Morgan fingerprint density at radius 2 is 2.03 bits per heavy atom. The fraction of sp³-hybridized carbons (Fsp3) is 0.600. The zero-order valence-electron chi connectivity index (χ0n) is 18.7. The first-order chi connectivity index (χ1) is 14.4. The maximum absolute atomic E-state index is 12.3. The lowest BCUT2D eigenvalue weighted by atomic mass is 9.74. The van der Waals surface area contributed by atoms with Gasteiger partial charge in [0.1, 0.15) is 5.78 Å². The van der Waals surface area contributed by atoms with E-state index in [4.69, 9.17) is 4.74 Å². The Morgan fingerprint density at radius 1 is 1.30 bits per heavy atom. The maximum atomic E-state index is 12.3. The van der Waals surface area contributed by atoms with Gasteiger partial charge in [0.25, 0.3) is 0 Å². The van der Waals surface area contributed by atoms with Gasteiger partial charge in [-0.1, -0.05) is 31.9 Å². The molecule has 0 aliphatic heterocycles. The summed E-state index contributed by atoms with van der Waals surface area (Å²) in [6.45, 7) is 3.34. The van der Waals surface area contributed by atoms with Crippen LogP contribution in [0.2, 0.25) is 0 Å². The van der Waals surface area contributed by atoms with Crippen LogP contribution in [0.4, 0.5) is 0 Å². The molecule has 1 aliphatic rings. The van der Waals surface area contributed by atoms with E-state index in [0.29, 0.717) is 23.5 Å². The highest BCUT2D eigenvalue weighted by atomic mass is 16.5. The Morgan fingerprint density at radius 3 is 2.70 bits per heavy atom. The van der Waals surface area contributed by atoms with Gasteiger partial charge in [-0.15, -0.1) is 0 Å². The van der Waals surface area contributed by atoms with Gasteiger partial charge in [0.05, 0.1) is 13.5 Å². The predicted octanol–water partition coefficient (Wildman–Crippen LogP) is 4.92. The number of carbonyl (C=O) groups excluding carboxylic acids is 2. The third-order valence-electron chi connectivity index (χ3n) is 6.20. The second kappa shape index (κ2) is 11.9. The number of aromatic hydroxyl groups is 1. The summed E-state index contributed by atoms with van der Waals surface area (Å²) in [4.78, 5) is 24.4. The second-order valence-corrected chi connectivity index (χ2v) is 8.87. The molecule has 2 N–H and O–H groups in total. The second-order valence-electron chi connectivity index (χ2n) is 8.87. The van der Waals surface area contributed by atoms with E-state index in [-0.39, 0.29) is 23.7 Å². The average Bonchev–Trinajstić information content (AvgIpc) is 3.15. The predicted molar refractivity (Wildman–Crippen MR) is 121 cm³/mol. The summed E-state index contributed by atoms with van der Waals surface area (Å²) >= 11 is 0. The number of allylic oxidation sites excluding steroid dienone is 1. The van der Waals surface area contributed by atoms with Crippen molar-refractivity contribution < 1.29 is 19.4 Å². The Kier molecular flexibility index (Phi) is 9.57. The van der Waals surface area contributed by atoms with Crippen molar-refractivity contribution in [1.82, 2.24) is 5.32 Å². The first kappa shape index (κ1) is 24.1. The molecule has 0 amide bonds. The van der Waals surface area contributed by atoms with E-state index in [2.05, 4.69) is 12.2 Å². The van der Waals surface area contributed by atoms with Crippen LogP contribution in [0.25, 0.3) is 6.08 Å². The molecule has 1 unspecified atom stereocenters. The number of ether oxygens (including phenoxy) is 1. The van der Waals surface area contributed by atoms with E-state index < -0.39 is 0 Å². The summed E-state index contributed by atoms with van der Waals surface area (Å²) in [5.74, 6) is 0.880. The van der Waals surface area contributed by atoms with Crippen LogP contribution < -0.4 is 10.1 Å². The molecule has 30 heavy (non-hydrogen) atoms. The van der Waals surface area contributed by atoms with Gasteiger partial charge in [-0.2, -0.15) is 0 Å². The van der Waals surface area contributed by atoms with Crippen molar-refractivity contribution in [3.05, 3.63) is 29.8 Å². The molecule has 0 heterocycles. The molecule has 0 saturated heterocycles. The molecule has 0 bridgehead atoms.